The number of hydrogen-bond donors (Lipinski definition) is 4. The number of hydrogen-bond acceptors (Lipinski definition) is 6. The third-order valence-electron chi connectivity index (χ3n) is 4.88. The van der Waals surface area contributed by atoms with Crippen molar-refractivity contribution in [3.05, 3.63) is 35.9 Å². The second kappa shape index (κ2) is 14.5. The highest BCUT2D eigenvalue weighted by molar-refractivity contribution is 7.81. The summed E-state index contributed by atoms with van der Waals surface area (Å²) < 4.78 is 4.58. The zero-order valence-corrected chi connectivity index (χ0v) is 19.8. The molecule has 0 radical (unpaired) electrons. The lowest BCUT2D eigenvalue weighted by atomic mass is 10.0. The summed E-state index contributed by atoms with van der Waals surface area (Å²) in [6.45, 7) is 3.83. The molecule has 3 N–H and O–H groups in total. The molecule has 0 bridgehead atoms. The zero-order chi connectivity index (χ0) is 24.1. The van der Waals surface area contributed by atoms with Crippen LogP contribution in [0.4, 0.5) is 0 Å². The lowest BCUT2D eigenvalue weighted by Gasteiger charge is -2.24. The topological polar surface area (TPSA) is 122 Å². The Morgan fingerprint density at radius 1 is 1.00 bits per heavy atom. The first-order chi connectivity index (χ1) is 15.1. The number of ether oxygens (including phenoxy) is 1. The Labute approximate surface area is 194 Å². The first-order valence-electron chi connectivity index (χ1n) is 10.8. The predicted octanol–water partition coefficient (Wildman–Crippen LogP) is 2.36. The molecule has 0 saturated heterocycles. The van der Waals surface area contributed by atoms with Gasteiger partial charge in [0.1, 0.15) is 12.1 Å². The van der Waals surface area contributed by atoms with Gasteiger partial charge in [-0.05, 0) is 30.7 Å². The molecule has 2 amide bonds. The Kier molecular flexibility index (Phi) is 12.5. The van der Waals surface area contributed by atoms with Gasteiger partial charge in [0, 0.05) is 12.8 Å². The maximum absolute atomic E-state index is 12.8. The maximum atomic E-state index is 12.8. The number of carbonyl (C=O) groups excluding carboxylic acids is 3. The fourth-order valence-corrected chi connectivity index (χ4v) is 3.39. The number of aliphatic carboxylic acids is 1. The minimum absolute atomic E-state index is 0.0990. The van der Waals surface area contributed by atoms with E-state index in [-0.39, 0.29) is 24.7 Å². The quantitative estimate of drug-likeness (QED) is 0.190. The summed E-state index contributed by atoms with van der Waals surface area (Å²) in [4.78, 5) is 48.2. The molecular formula is C23H34N2O6S. The van der Waals surface area contributed by atoms with Crippen molar-refractivity contribution in [2.45, 2.75) is 69.7 Å². The van der Waals surface area contributed by atoms with Crippen molar-refractivity contribution in [2.75, 3.05) is 7.11 Å². The van der Waals surface area contributed by atoms with E-state index in [1.807, 2.05) is 19.9 Å². The zero-order valence-electron chi connectivity index (χ0n) is 18.9. The number of amides is 2. The average molecular weight is 467 g/mol. The Bertz CT molecular complexity index is 756. The third-order valence-corrected chi connectivity index (χ3v) is 5.37. The molecule has 0 aromatic heterocycles. The summed E-state index contributed by atoms with van der Waals surface area (Å²) in [6.07, 6.45) is 2.39. The van der Waals surface area contributed by atoms with Crippen molar-refractivity contribution in [1.82, 2.24) is 10.6 Å². The Morgan fingerprint density at radius 3 is 2.19 bits per heavy atom. The summed E-state index contributed by atoms with van der Waals surface area (Å²) in [7, 11) is 1.33. The van der Waals surface area contributed by atoms with Gasteiger partial charge >= 0.3 is 11.9 Å². The summed E-state index contributed by atoms with van der Waals surface area (Å²) >= 11 is 4.32. The van der Waals surface area contributed by atoms with E-state index in [2.05, 4.69) is 28.0 Å². The molecule has 32 heavy (non-hydrogen) atoms. The number of esters is 1. The Morgan fingerprint density at radius 2 is 1.62 bits per heavy atom. The average Bonchev–Trinajstić information content (AvgIpc) is 2.75. The lowest BCUT2D eigenvalue weighted by molar-refractivity contribution is -0.142. The minimum atomic E-state index is -1.14. The number of benzene rings is 1. The van der Waals surface area contributed by atoms with Crippen LogP contribution in [0.1, 0.15) is 51.5 Å². The van der Waals surface area contributed by atoms with Crippen LogP contribution in [0, 0.1) is 5.92 Å². The summed E-state index contributed by atoms with van der Waals surface area (Å²) in [5.74, 6) is -2.29. The SMILES string of the molecule is COC(=O)CCCCC(S)C(=O)NC(CC(C)C)C(=O)N[C@@H](Cc1ccccc1)C(=O)O. The normalized spacial score (nSPS) is 13.7. The number of carbonyl (C=O) groups is 4. The van der Waals surface area contributed by atoms with E-state index in [1.54, 1.807) is 24.3 Å². The molecule has 1 rings (SSSR count). The summed E-state index contributed by atoms with van der Waals surface area (Å²) in [5.41, 5.74) is 0.784. The van der Waals surface area contributed by atoms with Gasteiger partial charge in [0.2, 0.25) is 11.8 Å². The van der Waals surface area contributed by atoms with Gasteiger partial charge in [-0.3, -0.25) is 14.4 Å². The lowest BCUT2D eigenvalue weighted by Crippen LogP contribution is -2.53. The molecule has 0 aliphatic rings. The molecule has 0 spiro atoms. The highest BCUT2D eigenvalue weighted by Crippen LogP contribution is 2.12. The second-order valence-electron chi connectivity index (χ2n) is 8.12. The van der Waals surface area contributed by atoms with Crippen molar-refractivity contribution in [2.24, 2.45) is 5.92 Å². The molecule has 0 aliphatic heterocycles. The highest BCUT2D eigenvalue weighted by Gasteiger charge is 2.28. The molecule has 0 heterocycles. The molecule has 178 valence electrons. The number of methoxy groups -OCH3 is 1. The molecule has 0 aliphatic carbocycles. The number of carboxylic acid groups (broad SMARTS) is 1. The van der Waals surface area contributed by atoms with Crippen LogP contribution in [0.15, 0.2) is 30.3 Å². The van der Waals surface area contributed by atoms with Crippen LogP contribution >= 0.6 is 12.6 Å². The third kappa shape index (κ3) is 10.7. The van der Waals surface area contributed by atoms with Crippen molar-refractivity contribution < 1.29 is 29.0 Å². The molecular weight excluding hydrogens is 432 g/mol. The number of rotatable bonds is 14. The molecule has 1 aromatic rings. The van der Waals surface area contributed by atoms with E-state index < -0.39 is 35.1 Å². The highest BCUT2D eigenvalue weighted by atomic mass is 32.1. The molecule has 0 saturated carbocycles. The predicted molar refractivity (Wildman–Crippen MR) is 124 cm³/mol. The Balaban J connectivity index is 2.70. The molecule has 0 fully saturated rings. The van der Waals surface area contributed by atoms with Crippen LogP contribution in [0.3, 0.4) is 0 Å². The first kappa shape index (κ1) is 27.5. The van der Waals surface area contributed by atoms with Crippen LogP contribution < -0.4 is 10.6 Å². The number of carboxylic acids is 1. The smallest absolute Gasteiger partial charge is 0.326 e. The fourth-order valence-electron chi connectivity index (χ4n) is 3.13. The van der Waals surface area contributed by atoms with Gasteiger partial charge in [-0.25, -0.2) is 4.79 Å². The minimum Gasteiger partial charge on any atom is -0.480 e. The monoisotopic (exact) mass is 466 g/mol. The van der Waals surface area contributed by atoms with Gasteiger partial charge in [0.05, 0.1) is 12.4 Å². The summed E-state index contributed by atoms with van der Waals surface area (Å²) in [5, 5.41) is 14.2. The van der Waals surface area contributed by atoms with Crippen LogP contribution in [-0.4, -0.2) is 53.3 Å². The fraction of sp³-hybridized carbons (Fsp3) is 0.565. The van der Waals surface area contributed by atoms with Gasteiger partial charge in [-0.15, -0.1) is 0 Å². The van der Waals surface area contributed by atoms with Gasteiger partial charge in [-0.1, -0.05) is 50.6 Å². The standard InChI is InChI=1S/C23H34N2O6S/c1-15(2)13-17(24-22(28)19(32)11-7-8-12-20(26)31-3)21(27)25-18(23(29)30)14-16-9-5-4-6-10-16/h4-6,9-10,15,17-19,32H,7-8,11-14H2,1-3H3,(H,24,28)(H,25,27)(H,29,30)/t17?,18-,19?/m0/s1. The van der Waals surface area contributed by atoms with E-state index in [1.165, 1.54) is 7.11 Å². The second-order valence-corrected chi connectivity index (χ2v) is 8.74. The van der Waals surface area contributed by atoms with Gasteiger partial charge < -0.3 is 20.5 Å². The molecule has 3 atom stereocenters. The Hall–Kier alpha value is -2.55. The molecule has 1 aromatic carbocycles. The largest absolute Gasteiger partial charge is 0.480 e. The van der Waals surface area contributed by atoms with Crippen LogP contribution in [0.5, 0.6) is 0 Å². The van der Waals surface area contributed by atoms with Crippen LogP contribution in [-0.2, 0) is 30.3 Å². The van der Waals surface area contributed by atoms with Crippen molar-refractivity contribution in [3.8, 4) is 0 Å². The molecule has 9 heteroatoms. The number of unbranched alkanes of at least 4 members (excludes halogenated alkanes) is 1. The number of thiol groups is 1. The van der Waals surface area contributed by atoms with Gasteiger partial charge in [0.25, 0.3) is 0 Å². The molecule has 8 nitrogen and oxygen atoms in total. The number of nitrogens with one attached hydrogen (secondary N) is 2. The van der Waals surface area contributed by atoms with E-state index in [9.17, 15) is 24.3 Å². The summed E-state index contributed by atoms with van der Waals surface area (Å²) in [6, 6.07) is 7.04. The maximum Gasteiger partial charge on any atom is 0.326 e. The van der Waals surface area contributed by atoms with Crippen LogP contribution in [0.25, 0.3) is 0 Å². The van der Waals surface area contributed by atoms with Crippen molar-refractivity contribution >= 4 is 36.4 Å². The van der Waals surface area contributed by atoms with E-state index in [0.29, 0.717) is 25.7 Å². The van der Waals surface area contributed by atoms with Crippen LogP contribution in [0.2, 0.25) is 0 Å². The van der Waals surface area contributed by atoms with E-state index in [4.69, 9.17) is 0 Å². The molecule has 2 unspecified atom stereocenters. The van der Waals surface area contributed by atoms with Crippen molar-refractivity contribution in [1.29, 1.82) is 0 Å². The first-order valence-corrected chi connectivity index (χ1v) is 11.3. The van der Waals surface area contributed by atoms with Gasteiger partial charge in [-0.2, -0.15) is 12.6 Å². The van der Waals surface area contributed by atoms with Gasteiger partial charge in [0.15, 0.2) is 0 Å². The van der Waals surface area contributed by atoms with E-state index >= 15 is 0 Å². The van der Waals surface area contributed by atoms with E-state index in [0.717, 1.165) is 5.56 Å². The van der Waals surface area contributed by atoms with Crippen molar-refractivity contribution in [3.63, 3.8) is 0 Å².